The van der Waals surface area contributed by atoms with Crippen molar-refractivity contribution < 1.29 is 9.47 Å². The topological polar surface area (TPSA) is 56.3 Å². The molecule has 0 aliphatic carbocycles. The average Bonchev–Trinajstić information content (AvgIpc) is 2.25. The molecule has 1 aliphatic rings. The molecule has 1 N–H and O–H groups in total. The van der Waals surface area contributed by atoms with Crippen LogP contribution in [0.2, 0.25) is 0 Å². The molecule has 0 atom stereocenters. The molecule has 1 aromatic heterocycles. The summed E-state index contributed by atoms with van der Waals surface area (Å²) in [4.78, 5) is 8.72. The molecule has 17 heavy (non-hydrogen) atoms. The molecule has 1 saturated heterocycles. The van der Waals surface area contributed by atoms with E-state index in [2.05, 4.69) is 22.2 Å². The second-order valence-corrected chi connectivity index (χ2v) is 4.25. The molecule has 1 aliphatic heterocycles. The van der Waals surface area contributed by atoms with Crippen LogP contribution < -0.4 is 10.1 Å². The lowest BCUT2D eigenvalue weighted by atomic mass is 10.3. The number of nitrogens with one attached hydrogen (secondary N) is 1. The molecule has 1 fully saturated rings. The van der Waals surface area contributed by atoms with Crippen molar-refractivity contribution in [2.45, 2.75) is 33.3 Å². The normalized spacial score (nSPS) is 15.5. The van der Waals surface area contributed by atoms with Gasteiger partial charge in [-0.05, 0) is 20.3 Å². The Kier molecular flexibility index (Phi) is 3.78. The quantitative estimate of drug-likeness (QED) is 0.844. The number of hydrogen-bond donors (Lipinski definition) is 1. The van der Waals surface area contributed by atoms with E-state index in [9.17, 15) is 0 Å². The molecule has 0 saturated carbocycles. The van der Waals surface area contributed by atoms with Crippen LogP contribution >= 0.6 is 0 Å². The molecule has 2 rings (SSSR count). The van der Waals surface area contributed by atoms with E-state index >= 15 is 0 Å². The first-order valence-corrected chi connectivity index (χ1v) is 6.04. The Hall–Kier alpha value is -1.36. The Morgan fingerprint density at radius 3 is 2.71 bits per heavy atom. The Balaban J connectivity index is 2.15. The van der Waals surface area contributed by atoms with Gasteiger partial charge in [-0.15, -0.1) is 0 Å². The number of aryl methyl sites for hydroxylation is 1. The van der Waals surface area contributed by atoms with Crippen LogP contribution in [0.5, 0.6) is 5.88 Å². The van der Waals surface area contributed by atoms with Gasteiger partial charge in [0.1, 0.15) is 17.7 Å². The highest BCUT2D eigenvalue weighted by molar-refractivity contribution is 5.48. The monoisotopic (exact) mass is 237 g/mol. The zero-order chi connectivity index (χ0) is 12.3. The summed E-state index contributed by atoms with van der Waals surface area (Å²) in [5.74, 6) is 2.27. The van der Waals surface area contributed by atoms with Gasteiger partial charge in [-0.3, -0.25) is 0 Å². The average molecular weight is 237 g/mol. The Bertz CT molecular complexity index is 392. The third kappa shape index (κ3) is 2.85. The van der Waals surface area contributed by atoms with Gasteiger partial charge >= 0.3 is 0 Å². The predicted octanol–water partition coefficient (Wildman–Crippen LogP) is 1.69. The van der Waals surface area contributed by atoms with Crippen molar-refractivity contribution >= 4 is 5.82 Å². The van der Waals surface area contributed by atoms with E-state index in [1.807, 2.05) is 13.8 Å². The zero-order valence-corrected chi connectivity index (χ0v) is 10.6. The van der Waals surface area contributed by atoms with Crippen LogP contribution in [0.25, 0.3) is 0 Å². The second-order valence-electron chi connectivity index (χ2n) is 4.25. The number of anilines is 1. The molecule has 0 amide bonds. The van der Waals surface area contributed by atoms with Gasteiger partial charge < -0.3 is 14.8 Å². The third-order valence-electron chi connectivity index (χ3n) is 2.64. The van der Waals surface area contributed by atoms with E-state index in [-0.39, 0.29) is 6.10 Å². The SMILES string of the molecule is CCCNc1nc(C)nc(OC2COC2)c1C. The van der Waals surface area contributed by atoms with Crippen LogP contribution in [-0.2, 0) is 4.74 Å². The fraction of sp³-hybridized carbons (Fsp3) is 0.667. The number of ether oxygens (including phenoxy) is 2. The summed E-state index contributed by atoms with van der Waals surface area (Å²) in [5.41, 5.74) is 0.968. The molecule has 1 aromatic rings. The maximum absolute atomic E-state index is 5.77. The van der Waals surface area contributed by atoms with E-state index < -0.39 is 0 Å². The predicted molar refractivity (Wildman–Crippen MR) is 65.5 cm³/mol. The van der Waals surface area contributed by atoms with Gasteiger partial charge in [-0.1, -0.05) is 6.92 Å². The van der Waals surface area contributed by atoms with Crippen molar-refractivity contribution in [2.75, 3.05) is 25.1 Å². The van der Waals surface area contributed by atoms with Gasteiger partial charge in [0.05, 0.1) is 18.8 Å². The molecule has 0 spiro atoms. The smallest absolute Gasteiger partial charge is 0.222 e. The molecule has 5 heteroatoms. The molecule has 0 unspecified atom stereocenters. The van der Waals surface area contributed by atoms with Crippen LogP contribution in [0.3, 0.4) is 0 Å². The molecule has 0 bridgehead atoms. The Labute approximate surface area is 102 Å². The van der Waals surface area contributed by atoms with Crippen LogP contribution in [0, 0.1) is 13.8 Å². The van der Waals surface area contributed by atoms with E-state index in [0.29, 0.717) is 19.1 Å². The van der Waals surface area contributed by atoms with Gasteiger partial charge in [0.15, 0.2) is 0 Å². The van der Waals surface area contributed by atoms with E-state index in [1.54, 1.807) is 0 Å². The lowest BCUT2D eigenvalue weighted by Gasteiger charge is -2.27. The maximum Gasteiger partial charge on any atom is 0.222 e. The van der Waals surface area contributed by atoms with Gasteiger partial charge in [-0.25, -0.2) is 4.98 Å². The summed E-state index contributed by atoms with van der Waals surface area (Å²) in [7, 11) is 0. The number of aromatic nitrogens is 2. The maximum atomic E-state index is 5.77. The summed E-state index contributed by atoms with van der Waals surface area (Å²) in [6.07, 6.45) is 1.21. The van der Waals surface area contributed by atoms with Gasteiger partial charge in [0.2, 0.25) is 5.88 Å². The minimum Gasteiger partial charge on any atom is -0.469 e. The number of hydrogen-bond acceptors (Lipinski definition) is 5. The summed E-state index contributed by atoms with van der Waals surface area (Å²) in [5, 5.41) is 3.29. The highest BCUT2D eigenvalue weighted by atomic mass is 16.6. The molecule has 0 radical (unpaired) electrons. The van der Waals surface area contributed by atoms with Crippen LogP contribution in [0.1, 0.15) is 24.7 Å². The summed E-state index contributed by atoms with van der Waals surface area (Å²) in [6, 6.07) is 0. The zero-order valence-electron chi connectivity index (χ0n) is 10.6. The first-order chi connectivity index (χ1) is 8.20. The molecule has 5 nitrogen and oxygen atoms in total. The summed E-state index contributed by atoms with van der Waals surface area (Å²) < 4.78 is 10.9. The van der Waals surface area contributed by atoms with Crippen molar-refractivity contribution in [3.8, 4) is 5.88 Å². The van der Waals surface area contributed by atoms with Gasteiger partial charge in [-0.2, -0.15) is 4.98 Å². The van der Waals surface area contributed by atoms with Crippen LogP contribution in [0.15, 0.2) is 0 Å². The lowest BCUT2D eigenvalue weighted by molar-refractivity contribution is -0.0816. The molecular weight excluding hydrogens is 218 g/mol. The fourth-order valence-corrected chi connectivity index (χ4v) is 1.57. The highest BCUT2D eigenvalue weighted by Crippen LogP contribution is 2.24. The summed E-state index contributed by atoms with van der Waals surface area (Å²) in [6.45, 7) is 8.19. The van der Waals surface area contributed by atoms with Crippen LogP contribution in [-0.4, -0.2) is 35.8 Å². The molecule has 2 heterocycles. The van der Waals surface area contributed by atoms with Crippen molar-refractivity contribution in [3.63, 3.8) is 0 Å². The first kappa shape index (κ1) is 12.1. The van der Waals surface area contributed by atoms with Crippen molar-refractivity contribution in [1.29, 1.82) is 0 Å². The van der Waals surface area contributed by atoms with Crippen molar-refractivity contribution in [1.82, 2.24) is 9.97 Å². The lowest BCUT2D eigenvalue weighted by Crippen LogP contribution is -2.39. The number of rotatable bonds is 5. The molecule has 0 aromatic carbocycles. The Morgan fingerprint density at radius 2 is 2.12 bits per heavy atom. The van der Waals surface area contributed by atoms with Gasteiger partial charge in [0, 0.05) is 6.54 Å². The molecule has 94 valence electrons. The third-order valence-corrected chi connectivity index (χ3v) is 2.64. The largest absolute Gasteiger partial charge is 0.469 e. The standard InChI is InChI=1S/C12H19N3O2/c1-4-5-13-11-8(2)12(15-9(3)14-11)17-10-6-16-7-10/h10H,4-7H2,1-3H3,(H,13,14,15). The van der Waals surface area contributed by atoms with E-state index in [1.165, 1.54) is 0 Å². The Morgan fingerprint density at radius 1 is 1.35 bits per heavy atom. The van der Waals surface area contributed by atoms with Crippen molar-refractivity contribution in [2.24, 2.45) is 0 Å². The van der Waals surface area contributed by atoms with Crippen molar-refractivity contribution in [3.05, 3.63) is 11.4 Å². The molecular formula is C12H19N3O2. The second kappa shape index (κ2) is 5.31. The minimum absolute atomic E-state index is 0.141. The van der Waals surface area contributed by atoms with E-state index in [4.69, 9.17) is 9.47 Å². The fourth-order valence-electron chi connectivity index (χ4n) is 1.57. The number of nitrogens with zero attached hydrogens (tertiary/aromatic N) is 2. The minimum atomic E-state index is 0.141. The van der Waals surface area contributed by atoms with Crippen LogP contribution in [0.4, 0.5) is 5.82 Å². The highest BCUT2D eigenvalue weighted by Gasteiger charge is 2.22. The summed E-state index contributed by atoms with van der Waals surface area (Å²) >= 11 is 0. The first-order valence-electron chi connectivity index (χ1n) is 6.04. The van der Waals surface area contributed by atoms with Gasteiger partial charge in [0.25, 0.3) is 0 Å². The van der Waals surface area contributed by atoms with E-state index in [0.717, 1.165) is 30.2 Å².